The topological polar surface area (TPSA) is 161 Å². The predicted octanol–water partition coefficient (Wildman–Crippen LogP) is 5.29. The third-order valence-corrected chi connectivity index (χ3v) is 13.8. The second-order valence-electron chi connectivity index (χ2n) is 18.1. The van der Waals surface area contributed by atoms with Gasteiger partial charge in [-0.25, -0.2) is 4.79 Å². The number of hydrogen-bond acceptors (Lipinski definition) is 11. The van der Waals surface area contributed by atoms with Crippen LogP contribution in [0.2, 0.25) is 0 Å². The highest BCUT2D eigenvalue weighted by Crippen LogP contribution is 2.48. The first-order chi connectivity index (χ1) is 26.5. The number of cyclic esters (lactones) is 1. The molecule has 3 heterocycles. The maximum absolute atomic E-state index is 14.5. The molecule has 0 aromatic rings. The number of ketones is 1. The van der Waals surface area contributed by atoms with Gasteiger partial charge in [-0.3, -0.25) is 9.59 Å². The Bertz CT molecular complexity index is 1430. The lowest BCUT2D eigenvalue weighted by Gasteiger charge is -2.48. The van der Waals surface area contributed by atoms with Gasteiger partial charge >= 0.3 is 5.97 Å². The van der Waals surface area contributed by atoms with E-state index in [1.165, 1.54) is 0 Å². The maximum atomic E-state index is 14.5. The van der Waals surface area contributed by atoms with Crippen molar-refractivity contribution in [2.75, 3.05) is 21.3 Å². The van der Waals surface area contributed by atoms with Crippen molar-refractivity contribution in [3.63, 3.8) is 0 Å². The van der Waals surface area contributed by atoms with Crippen molar-refractivity contribution in [3.05, 3.63) is 23.3 Å². The molecule has 0 spiro atoms. The molecule has 12 heteroatoms. The Hall–Kier alpha value is -2.19. The quantitative estimate of drug-likeness (QED) is 0.237. The highest BCUT2D eigenvalue weighted by molar-refractivity contribution is 5.86. The highest BCUT2D eigenvalue weighted by atomic mass is 16.7. The zero-order valence-electron chi connectivity index (χ0n) is 35.4. The minimum absolute atomic E-state index is 0.0515. The number of ether oxygens (including phenoxy) is 5. The van der Waals surface area contributed by atoms with Gasteiger partial charge in [0.15, 0.2) is 5.79 Å². The van der Waals surface area contributed by atoms with Crippen LogP contribution in [0.3, 0.4) is 0 Å². The van der Waals surface area contributed by atoms with Gasteiger partial charge in [0, 0.05) is 51.5 Å². The van der Waals surface area contributed by atoms with Crippen LogP contribution in [-0.2, 0) is 38.1 Å². The number of allylic oxidation sites excluding steroid dienone is 3. The van der Waals surface area contributed by atoms with Gasteiger partial charge < -0.3 is 43.9 Å². The molecule has 3 aliphatic heterocycles. The van der Waals surface area contributed by atoms with E-state index >= 15 is 0 Å². The maximum Gasteiger partial charge on any atom is 0.329 e. The molecule has 2 aliphatic carbocycles. The van der Waals surface area contributed by atoms with E-state index in [0.29, 0.717) is 44.9 Å². The van der Waals surface area contributed by atoms with Crippen LogP contribution in [0.5, 0.6) is 0 Å². The van der Waals surface area contributed by atoms with Crippen molar-refractivity contribution in [1.29, 1.82) is 0 Å². The van der Waals surface area contributed by atoms with E-state index in [-0.39, 0.29) is 60.5 Å². The number of carbonyl (C=O) groups is 3. The summed E-state index contributed by atoms with van der Waals surface area (Å²) >= 11 is 0. The molecule has 0 aromatic carbocycles. The van der Waals surface area contributed by atoms with Gasteiger partial charge in [-0.15, -0.1) is 0 Å². The third-order valence-electron chi connectivity index (χ3n) is 13.8. The number of carbonyl (C=O) groups excluding carboxylic acids is 3. The summed E-state index contributed by atoms with van der Waals surface area (Å²) in [4.78, 5) is 44.4. The van der Waals surface area contributed by atoms with Gasteiger partial charge in [-0.05, 0) is 101 Å². The first-order valence-corrected chi connectivity index (χ1v) is 21.3. The lowest BCUT2D eigenvalue weighted by Crippen LogP contribution is -2.60. The zero-order valence-corrected chi connectivity index (χ0v) is 35.4. The molecule has 0 aromatic heterocycles. The largest absolute Gasteiger partial charge is 0.456 e. The van der Waals surface area contributed by atoms with Gasteiger partial charge in [-0.1, -0.05) is 45.4 Å². The molecule has 4 fully saturated rings. The average Bonchev–Trinajstić information content (AvgIpc) is 3.95. The van der Waals surface area contributed by atoms with Gasteiger partial charge in [0.25, 0.3) is 0 Å². The lowest BCUT2D eigenvalue weighted by molar-refractivity contribution is -0.321. The Morgan fingerprint density at radius 2 is 1.59 bits per heavy atom. The highest BCUT2D eigenvalue weighted by Gasteiger charge is 2.56. The number of methoxy groups -OCH3 is 3. The van der Waals surface area contributed by atoms with Crippen molar-refractivity contribution in [2.24, 2.45) is 35.5 Å². The number of nitrogens with zero attached hydrogens (tertiary/aromatic N) is 1. The fourth-order valence-corrected chi connectivity index (χ4v) is 10.2. The summed E-state index contributed by atoms with van der Waals surface area (Å²) in [6, 6.07) is -1.01. The van der Waals surface area contributed by atoms with Crippen LogP contribution in [0, 0.1) is 35.5 Å². The number of rotatable bonds is 6. The van der Waals surface area contributed by atoms with E-state index in [4.69, 9.17) is 23.7 Å². The smallest absolute Gasteiger partial charge is 0.329 e. The number of Topliss-reactive ketones (excluding diaryl/α,β-unsaturated/α-hetero) is 1. The van der Waals surface area contributed by atoms with Crippen molar-refractivity contribution >= 4 is 17.7 Å². The number of fused-ring (bicyclic) bond motifs is 5. The second-order valence-corrected chi connectivity index (χ2v) is 18.1. The molecule has 16 atom stereocenters. The van der Waals surface area contributed by atoms with Crippen LogP contribution in [-0.4, -0.2) is 120 Å². The number of aliphatic hydroxyl groups excluding tert-OH is 2. The number of piperidine rings is 1. The van der Waals surface area contributed by atoms with Crippen molar-refractivity contribution in [1.82, 2.24) is 4.90 Å². The first kappa shape index (κ1) is 44.9. The summed E-state index contributed by atoms with van der Waals surface area (Å²) < 4.78 is 30.4. The molecule has 0 radical (unpaired) electrons. The number of hydrogen-bond donors (Lipinski definition) is 3. The van der Waals surface area contributed by atoms with Crippen LogP contribution in [0.15, 0.2) is 23.3 Å². The number of amides is 1. The molecule has 318 valence electrons. The summed E-state index contributed by atoms with van der Waals surface area (Å²) in [7, 11) is 4.83. The van der Waals surface area contributed by atoms with Gasteiger partial charge in [0.2, 0.25) is 5.91 Å². The Kier molecular flexibility index (Phi) is 15.4. The first-order valence-electron chi connectivity index (χ1n) is 21.3. The molecule has 12 nitrogen and oxygen atoms in total. The fraction of sp³-hybridized carbons (Fsp3) is 0.841. The molecular weight excluding hydrogens is 718 g/mol. The Morgan fingerprint density at radius 3 is 2.25 bits per heavy atom. The van der Waals surface area contributed by atoms with Crippen LogP contribution in [0.4, 0.5) is 0 Å². The van der Waals surface area contributed by atoms with Gasteiger partial charge in [0.1, 0.15) is 24.0 Å². The van der Waals surface area contributed by atoms with Crippen LogP contribution < -0.4 is 0 Å². The summed E-state index contributed by atoms with van der Waals surface area (Å²) in [6.45, 7) is 11.7. The van der Waals surface area contributed by atoms with Crippen LogP contribution >= 0.6 is 0 Å². The average molecular weight is 790 g/mol. The molecule has 5 rings (SSSR count). The molecule has 0 unspecified atom stereocenters. The Labute approximate surface area is 334 Å². The molecule has 2 saturated heterocycles. The molecule has 2 saturated carbocycles. The van der Waals surface area contributed by atoms with Crippen molar-refractivity contribution < 1.29 is 53.4 Å². The molecule has 5 aliphatic rings. The van der Waals surface area contributed by atoms with E-state index < -0.39 is 66.1 Å². The minimum atomic E-state index is -1.81. The zero-order chi connectivity index (χ0) is 41.1. The van der Waals surface area contributed by atoms with Crippen LogP contribution in [0.25, 0.3) is 0 Å². The Morgan fingerprint density at radius 1 is 0.911 bits per heavy atom. The Balaban J connectivity index is 1.51. The molecule has 3 N–H and O–H groups in total. The summed E-state index contributed by atoms with van der Waals surface area (Å²) in [5.74, 6) is -3.83. The SMILES string of the molecule is CC[C@@H]1/C=C(\C)C[C@H](C)C[C@H](OC)[C@H]2O[C@@](O)(CC(=O)N3[C@@H](CC[C@@H]4C[C@@H]43)C(=O)O[C@H](/C(C)=C/[C@@H]3CC[C@@H](O)[C@H](OC)C3)[C@H](C)[C@@H](O)CC1=O)[C@H](C)C[C@@H]2OC. The summed E-state index contributed by atoms with van der Waals surface area (Å²) in [5.41, 5.74) is 1.80. The number of esters is 1. The van der Waals surface area contributed by atoms with Crippen molar-refractivity contribution in [3.8, 4) is 0 Å². The standard InChI is InChI=1S/C44H71NO11/c1-10-30-16-24(2)15-25(3)17-38(53-8)42-39(54-9)19-27(5)44(51,56-42)23-40(49)45-32(13-12-31-21-33(31)45)43(50)55-41(28(6)35(47)22-36(30)48)26(4)18-29-11-14-34(46)37(20-29)52-7/h16,18,25,27-35,37-39,41-42,46-47,51H,10-15,17,19-23H2,1-9H3/b24-16+,26-18+/t25-,27+,28+,29-,30+,31+,32-,33-,34+,35-,37+,38-,39-,41+,42+,44-/m0/s1. The normalized spacial score (nSPS) is 44.8. The fourth-order valence-electron chi connectivity index (χ4n) is 10.2. The lowest BCUT2D eigenvalue weighted by atomic mass is 9.81. The van der Waals surface area contributed by atoms with E-state index in [2.05, 4.69) is 13.0 Å². The summed E-state index contributed by atoms with van der Waals surface area (Å²) in [6.07, 6.45) is 5.55. The van der Waals surface area contributed by atoms with E-state index in [9.17, 15) is 29.7 Å². The number of aliphatic hydroxyl groups is 3. The summed E-state index contributed by atoms with van der Waals surface area (Å²) in [5, 5.41) is 34.3. The van der Waals surface area contributed by atoms with E-state index in [0.717, 1.165) is 30.4 Å². The van der Waals surface area contributed by atoms with E-state index in [1.807, 2.05) is 40.7 Å². The molecule has 2 bridgehead atoms. The third kappa shape index (κ3) is 10.3. The van der Waals surface area contributed by atoms with Gasteiger partial charge in [-0.2, -0.15) is 0 Å². The molecule has 1 amide bonds. The van der Waals surface area contributed by atoms with Crippen LogP contribution in [0.1, 0.15) is 119 Å². The molecular formula is C44H71NO11. The van der Waals surface area contributed by atoms with Crippen molar-refractivity contribution in [2.45, 2.75) is 179 Å². The van der Waals surface area contributed by atoms with Gasteiger partial charge in [0.05, 0.1) is 36.9 Å². The monoisotopic (exact) mass is 790 g/mol. The minimum Gasteiger partial charge on any atom is -0.456 e. The molecule has 56 heavy (non-hydrogen) atoms. The predicted molar refractivity (Wildman–Crippen MR) is 210 cm³/mol. The second kappa shape index (κ2) is 19.3. The van der Waals surface area contributed by atoms with E-state index in [1.54, 1.807) is 26.2 Å².